The molecule has 0 saturated carbocycles. The number of nitrogens with zero attached hydrogens (tertiary/aromatic N) is 2. The second-order valence-corrected chi connectivity index (χ2v) is 6.48. The Morgan fingerprint density at radius 3 is 2.70 bits per heavy atom. The van der Waals surface area contributed by atoms with E-state index in [1.165, 1.54) is 11.3 Å². The Morgan fingerprint density at radius 2 is 2.00 bits per heavy atom. The van der Waals surface area contributed by atoms with Crippen molar-refractivity contribution in [3.8, 4) is 10.6 Å². The van der Waals surface area contributed by atoms with Crippen LogP contribution in [0.2, 0.25) is 0 Å². The molecule has 2 aromatic rings. The van der Waals surface area contributed by atoms with Crippen LogP contribution in [0.25, 0.3) is 10.6 Å². The Labute approximate surface area is 123 Å². The molecule has 1 fully saturated rings. The Hall–Kier alpha value is -1.68. The van der Waals surface area contributed by atoms with E-state index < -0.39 is 0 Å². The van der Waals surface area contributed by atoms with Gasteiger partial charge in [-0.15, -0.1) is 11.3 Å². The fourth-order valence-corrected chi connectivity index (χ4v) is 3.39. The molecule has 0 N–H and O–H groups in total. The molecule has 3 nitrogen and oxygen atoms in total. The quantitative estimate of drug-likeness (QED) is 0.842. The van der Waals surface area contributed by atoms with Gasteiger partial charge in [0.25, 0.3) is 5.91 Å². The predicted octanol–water partition coefficient (Wildman–Crippen LogP) is 3.74. The number of rotatable bonds is 2. The lowest BCUT2D eigenvalue weighted by molar-refractivity contribution is 0.0724. The first kappa shape index (κ1) is 13.3. The zero-order valence-corrected chi connectivity index (χ0v) is 12.4. The summed E-state index contributed by atoms with van der Waals surface area (Å²) in [6.07, 6.45) is 5.21. The number of carbonyl (C=O) groups is 1. The zero-order chi connectivity index (χ0) is 13.9. The number of aromatic nitrogens is 1. The van der Waals surface area contributed by atoms with E-state index in [-0.39, 0.29) is 5.91 Å². The average molecular weight is 286 g/mol. The Bertz CT molecular complexity index is 614. The highest BCUT2D eigenvalue weighted by Crippen LogP contribution is 2.26. The summed E-state index contributed by atoms with van der Waals surface area (Å²) in [6.45, 7) is 3.85. The molecule has 0 aromatic carbocycles. The van der Waals surface area contributed by atoms with Crippen LogP contribution in [0.5, 0.6) is 0 Å². The van der Waals surface area contributed by atoms with Gasteiger partial charge in [-0.3, -0.25) is 9.78 Å². The molecule has 20 heavy (non-hydrogen) atoms. The van der Waals surface area contributed by atoms with Crippen molar-refractivity contribution in [1.29, 1.82) is 0 Å². The Morgan fingerprint density at radius 1 is 1.20 bits per heavy atom. The molecule has 3 rings (SSSR count). The van der Waals surface area contributed by atoms with E-state index in [9.17, 15) is 4.79 Å². The van der Waals surface area contributed by atoms with Gasteiger partial charge in [-0.25, -0.2) is 0 Å². The fraction of sp³-hybridized carbons (Fsp3) is 0.375. The maximum absolute atomic E-state index is 12.5. The number of hydrogen-bond acceptors (Lipinski definition) is 3. The van der Waals surface area contributed by atoms with Gasteiger partial charge in [0.15, 0.2) is 0 Å². The monoisotopic (exact) mass is 286 g/mol. The first-order valence-corrected chi connectivity index (χ1v) is 7.88. The van der Waals surface area contributed by atoms with Gasteiger partial charge < -0.3 is 4.90 Å². The summed E-state index contributed by atoms with van der Waals surface area (Å²) in [7, 11) is 0. The topological polar surface area (TPSA) is 33.2 Å². The molecule has 0 spiro atoms. The first-order chi connectivity index (χ1) is 9.74. The van der Waals surface area contributed by atoms with Crippen molar-refractivity contribution in [2.24, 2.45) is 0 Å². The Kier molecular flexibility index (Phi) is 3.83. The van der Waals surface area contributed by atoms with E-state index >= 15 is 0 Å². The average Bonchev–Trinajstić information content (AvgIpc) is 2.94. The van der Waals surface area contributed by atoms with Crippen molar-refractivity contribution in [1.82, 2.24) is 9.88 Å². The summed E-state index contributed by atoms with van der Waals surface area (Å²) >= 11 is 1.71. The molecule has 3 heterocycles. The number of hydrogen-bond donors (Lipinski definition) is 0. The number of amides is 1. The van der Waals surface area contributed by atoms with Gasteiger partial charge >= 0.3 is 0 Å². The van der Waals surface area contributed by atoms with Crippen LogP contribution in [0.3, 0.4) is 0 Å². The Balaban J connectivity index is 1.85. The van der Waals surface area contributed by atoms with Crippen molar-refractivity contribution in [2.45, 2.75) is 26.2 Å². The van der Waals surface area contributed by atoms with E-state index in [1.54, 1.807) is 17.5 Å². The number of thiophene rings is 1. The van der Waals surface area contributed by atoms with Crippen LogP contribution in [0.15, 0.2) is 30.5 Å². The van der Waals surface area contributed by atoms with Crippen LogP contribution < -0.4 is 0 Å². The highest BCUT2D eigenvalue weighted by molar-refractivity contribution is 7.15. The third-order valence-corrected chi connectivity index (χ3v) is 4.67. The smallest absolute Gasteiger partial charge is 0.253 e. The molecule has 4 heteroatoms. The molecule has 0 atom stereocenters. The third kappa shape index (κ3) is 2.75. The molecular weight excluding hydrogens is 268 g/mol. The fourth-order valence-electron chi connectivity index (χ4n) is 2.55. The first-order valence-electron chi connectivity index (χ1n) is 7.06. The highest BCUT2D eigenvalue weighted by atomic mass is 32.1. The van der Waals surface area contributed by atoms with E-state index in [2.05, 4.69) is 24.0 Å². The highest BCUT2D eigenvalue weighted by Gasteiger charge is 2.18. The van der Waals surface area contributed by atoms with Crippen molar-refractivity contribution in [2.75, 3.05) is 13.1 Å². The lowest BCUT2D eigenvalue weighted by Crippen LogP contribution is -2.35. The number of pyridine rings is 1. The van der Waals surface area contributed by atoms with E-state index in [0.29, 0.717) is 0 Å². The maximum Gasteiger partial charge on any atom is 0.253 e. The van der Waals surface area contributed by atoms with Crippen LogP contribution in [0.1, 0.15) is 34.5 Å². The van der Waals surface area contributed by atoms with Gasteiger partial charge in [0.05, 0.1) is 10.6 Å². The molecule has 0 aliphatic carbocycles. The SMILES string of the molecule is Cc1ccc(-c2cc(C(=O)N3CCCCC3)ccn2)s1. The summed E-state index contributed by atoms with van der Waals surface area (Å²) in [4.78, 5) is 21.2. The van der Waals surface area contributed by atoms with Gasteiger partial charge in [-0.2, -0.15) is 0 Å². The molecule has 1 aliphatic rings. The van der Waals surface area contributed by atoms with Crippen LogP contribution in [-0.4, -0.2) is 28.9 Å². The van der Waals surface area contributed by atoms with Crippen LogP contribution in [0, 0.1) is 6.92 Å². The van der Waals surface area contributed by atoms with Crippen molar-refractivity contribution in [3.63, 3.8) is 0 Å². The van der Waals surface area contributed by atoms with Crippen LogP contribution >= 0.6 is 11.3 Å². The normalized spacial score (nSPS) is 15.3. The summed E-state index contributed by atoms with van der Waals surface area (Å²) < 4.78 is 0. The van der Waals surface area contributed by atoms with Gasteiger partial charge in [0.2, 0.25) is 0 Å². The second kappa shape index (κ2) is 5.75. The third-order valence-electron chi connectivity index (χ3n) is 3.64. The molecule has 2 aromatic heterocycles. The minimum absolute atomic E-state index is 0.140. The lowest BCUT2D eigenvalue weighted by atomic mass is 10.1. The van der Waals surface area contributed by atoms with E-state index in [1.807, 2.05) is 17.0 Å². The molecule has 0 unspecified atom stereocenters. The summed E-state index contributed by atoms with van der Waals surface area (Å²) in [6, 6.07) is 7.89. The molecule has 0 radical (unpaired) electrons. The second-order valence-electron chi connectivity index (χ2n) is 5.19. The van der Waals surface area contributed by atoms with Crippen molar-refractivity contribution < 1.29 is 4.79 Å². The molecule has 1 saturated heterocycles. The van der Waals surface area contributed by atoms with Gasteiger partial charge in [-0.05, 0) is 50.5 Å². The maximum atomic E-state index is 12.5. The summed E-state index contributed by atoms with van der Waals surface area (Å²) in [5.74, 6) is 0.140. The largest absolute Gasteiger partial charge is 0.339 e. The number of carbonyl (C=O) groups excluding carboxylic acids is 1. The molecular formula is C16H18N2OS. The standard InChI is InChI=1S/C16H18N2OS/c1-12-5-6-15(20-12)14-11-13(7-8-17-14)16(19)18-9-3-2-4-10-18/h5-8,11H,2-4,9-10H2,1H3. The minimum atomic E-state index is 0.140. The number of piperidine rings is 1. The van der Waals surface area contributed by atoms with Crippen LogP contribution in [-0.2, 0) is 0 Å². The summed E-state index contributed by atoms with van der Waals surface area (Å²) in [5, 5.41) is 0. The van der Waals surface area contributed by atoms with Crippen molar-refractivity contribution >= 4 is 17.2 Å². The lowest BCUT2D eigenvalue weighted by Gasteiger charge is -2.26. The minimum Gasteiger partial charge on any atom is -0.339 e. The molecule has 1 amide bonds. The molecule has 0 bridgehead atoms. The van der Waals surface area contributed by atoms with E-state index in [0.717, 1.165) is 42.1 Å². The van der Waals surface area contributed by atoms with E-state index in [4.69, 9.17) is 0 Å². The summed E-state index contributed by atoms with van der Waals surface area (Å²) in [5.41, 5.74) is 1.65. The molecule has 1 aliphatic heterocycles. The molecule has 104 valence electrons. The van der Waals surface area contributed by atoms with Crippen LogP contribution in [0.4, 0.5) is 0 Å². The number of aryl methyl sites for hydroxylation is 1. The van der Waals surface area contributed by atoms with Gasteiger partial charge in [0.1, 0.15) is 0 Å². The van der Waals surface area contributed by atoms with Crippen molar-refractivity contribution in [3.05, 3.63) is 40.9 Å². The number of likely N-dealkylation sites (tertiary alicyclic amines) is 1. The predicted molar refractivity (Wildman–Crippen MR) is 82.0 cm³/mol. The zero-order valence-electron chi connectivity index (χ0n) is 11.6. The van der Waals surface area contributed by atoms with Gasteiger partial charge in [-0.1, -0.05) is 0 Å². The van der Waals surface area contributed by atoms with Gasteiger partial charge in [0, 0.05) is 29.7 Å².